The fraction of sp³-hybridized carbons (Fsp3) is 0.880. The Hall–Kier alpha value is -2.07. The van der Waals surface area contributed by atoms with Gasteiger partial charge in [0, 0.05) is 50.3 Å². The van der Waals surface area contributed by atoms with Gasteiger partial charge in [0.2, 0.25) is 0 Å². The molecule has 10 heteroatoms. The molecule has 0 aromatic carbocycles. The second-order valence-electron chi connectivity index (χ2n) is 11.7. The van der Waals surface area contributed by atoms with E-state index in [-0.39, 0.29) is 36.8 Å². The van der Waals surface area contributed by atoms with Gasteiger partial charge >= 0.3 is 18.2 Å². The number of hydrogen-bond acceptors (Lipinski definition) is 8. The van der Waals surface area contributed by atoms with Crippen LogP contribution >= 0.6 is 0 Å². The van der Waals surface area contributed by atoms with E-state index in [0.29, 0.717) is 25.2 Å². The normalized spacial score (nSPS) is 25.8. The Kier molecular flexibility index (Phi) is 11.3. The molecule has 0 saturated carbocycles. The molecule has 1 N–H and O–H groups in total. The zero-order chi connectivity index (χ0) is 27.1. The second kappa shape index (κ2) is 12.8. The summed E-state index contributed by atoms with van der Waals surface area (Å²) in [5, 5.41) is 3.38. The molecule has 10 nitrogen and oxygen atoms in total. The van der Waals surface area contributed by atoms with Gasteiger partial charge in [-0.3, -0.25) is 9.69 Å². The van der Waals surface area contributed by atoms with Gasteiger partial charge < -0.3 is 29.3 Å². The number of carbonyl (C=O) groups is 3. The average Bonchev–Trinajstić information content (AvgIpc) is 2.67. The van der Waals surface area contributed by atoms with E-state index >= 15 is 0 Å². The van der Waals surface area contributed by atoms with Gasteiger partial charge in [-0.15, -0.1) is 0 Å². The molecular weight excluding hydrogens is 452 g/mol. The number of ether oxygens (including phenoxy) is 3. The largest absolute Gasteiger partial charge is 0.468 e. The number of methoxy groups -OCH3 is 1. The van der Waals surface area contributed by atoms with Gasteiger partial charge in [0.1, 0.15) is 11.2 Å². The van der Waals surface area contributed by atoms with Crippen LogP contribution in [-0.2, 0) is 19.0 Å². The highest BCUT2D eigenvalue weighted by Crippen LogP contribution is 2.18. The zero-order valence-corrected chi connectivity index (χ0v) is 23.6. The third-order valence-corrected chi connectivity index (χ3v) is 5.50. The molecule has 204 valence electrons. The van der Waals surface area contributed by atoms with Crippen molar-refractivity contribution in [3.63, 3.8) is 0 Å². The summed E-state index contributed by atoms with van der Waals surface area (Å²) in [6.45, 7) is 22.2. The van der Waals surface area contributed by atoms with Gasteiger partial charge in [0.15, 0.2) is 0 Å². The van der Waals surface area contributed by atoms with Crippen LogP contribution in [0.15, 0.2) is 0 Å². The molecular formula is C25H48N4O6. The van der Waals surface area contributed by atoms with E-state index in [2.05, 4.69) is 19.2 Å². The maximum absolute atomic E-state index is 12.1. The summed E-state index contributed by atoms with van der Waals surface area (Å²) in [6, 6.07) is 0.846. The number of nitrogens with zero attached hydrogens (tertiary/aromatic N) is 3. The number of esters is 1. The molecule has 0 aliphatic carbocycles. The van der Waals surface area contributed by atoms with E-state index in [1.165, 1.54) is 7.11 Å². The van der Waals surface area contributed by atoms with Crippen molar-refractivity contribution < 1.29 is 28.6 Å². The maximum atomic E-state index is 12.1. The van der Waals surface area contributed by atoms with E-state index in [9.17, 15) is 14.4 Å². The van der Waals surface area contributed by atoms with Crippen molar-refractivity contribution in [2.24, 2.45) is 0 Å². The summed E-state index contributed by atoms with van der Waals surface area (Å²) in [5.41, 5.74) is -0.902. The van der Waals surface area contributed by atoms with Crippen LogP contribution in [0.3, 0.4) is 0 Å². The lowest BCUT2D eigenvalue weighted by molar-refractivity contribution is -0.144. The Labute approximate surface area is 211 Å². The van der Waals surface area contributed by atoms with Crippen molar-refractivity contribution in [1.29, 1.82) is 0 Å². The molecule has 0 unspecified atom stereocenters. The molecule has 4 atom stereocenters. The number of amides is 2. The van der Waals surface area contributed by atoms with Crippen LogP contribution in [0.2, 0.25) is 0 Å². The molecule has 2 heterocycles. The van der Waals surface area contributed by atoms with Crippen LogP contribution in [0.1, 0.15) is 69.2 Å². The third kappa shape index (κ3) is 11.5. The van der Waals surface area contributed by atoms with Crippen LogP contribution in [0.4, 0.5) is 9.59 Å². The van der Waals surface area contributed by atoms with Crippen molar-refractivity contribution in [3.05, 3.63) is 0 Å². The number of nitrogens with one attached hydrogen (secondary N) is 1. The Bertz CT molecular complexity index is 696. The van der Waals surface area contributed by atoms with Crippen LogP contribution in [0.5, 0.6) is 0 Å². The predicted molar refractivity (Wildman–Crippen MR) is 135 cm³/mol. The van der Waals surface area contributed by atoms with Gasteiger partial charge in [-0.05, 0) is 69.2 Å². The van der Waals surface area contributed by atoms with Crippen molar-refractivity contribution >= 4 is 18.2 Å². The summed E-state index contributed by atoms with van der Waals surface area (Å²) in [6.07, 6.45) is -0.503. The fourth-order valence-electron chi connectivity index (χ4n) is 4.16. The summed E-state index contributed by atoms with van der Waals surface area (Å²) >= 11 is 0. The SMILES string of the molecule is COC(=O)CN1[C@H](C)CN(C(=O)OC(C)(C)C)C[C@@H]1C.C[C@@H]1CN(C(=O)OC(C)(C)C)C[C@H](C)N1. The molecule has 2 aliphatic heterocycles. The highest BCUT2D eigenvalue weighted by atomic mass is 16.6. The molecule has 2 saturated heterocycles. The second-order valence-corrected chi connectivity index (χ2v) is 11.7. The van der Waals surface area contributed by atoms with Crippen LogP contribution < -0.4 is 5.32 Å². The Morgan fingerprint density at radius 1 is 0.743 bits per heavy atom. The quantitative estimate of drug-likeness (QED) is 0.456. The topological polar surface area (TPSA) is 101 Å². The minimum atomic E-state index is -0.493. The van der Waals surface area contributed by atoms with Gasteiger partial charge in [-0.1, -0.05) is 0 Å². The van der Waals surface area contributed by atoms with Crippen molar-refractivity contribution in [2.75, 3.05) is 39.8 Å². The Morgan fingerprint density at radius 3 is 1.46 bits per heavy atom. The van der Waals surface area contributed by atoms with Gasteiger partial charge in [-0.2, -0.15) is 0 Å². The molecule has 0 aromatic rings. The van der Waals surface area contributed by atoms with E-state index in [1.807, 2.05) is 60.3 Å². The van der Waals surface area contributed by atoms with Gasteiger partial charge in [-0.25, -0.2) is 9.59 Å². The standard InChI is InChI=1S/C14H26N2O4.C11H22N2O2/c1-10-7-15(13(18)20-14(3,4)5)8-11(2)16(10)9-12(17)19-6;1-8-6-13(7-9(2)12-8)10(14)15-11(3,4)5/h10-11H,7-9H2,1-6H3;8-9,12H,6-7H2,1-5H3/t10-,11+;8-,9+. The molecule has 0 aromatic heterocycles. The Balaban J connectivity index is 0.000000365. The smallest absolute Gasteiger partial charge is 0.410 e. The monoisotopic (exact) mass is 500 g/mol. The molecule has 0 spiro atoms. The molecule has 2 rings (SSSR count). The lowest BCUT2D eigenvalue weighted by atomic mass is 10.1. The lowest BCUT2D eigenvalue weighted by Crippen LogP contribution is -2.59. The summed E-state index contributed by atoms with van der Waals surface area (Å²) in [7, 11) is 1.38. The lowest BCUT2D eigenvalue weighted by Gasteiger charge is -2.43. The maximum Gasteiger partial charge on any atom is 0.410 e. The van der Waals surface area contributed by atoms with Crippen LogP contribution in [0.25, 0.3) is 0 Å². The van der Waals surface area contributed by atoms with E-state index in [4.69, 9.17) is 14.2 Å². The summed E-state index contributed by atoms with van der Waals surface area (Å²) in [5.74, 6) is -0.255. The molecule has 35 heavy (non-hydrogen) atoms. The molecule has 0 radical (unpaired) electrons. The van der Waals surface area contributed by atoms with Gasteiger partial charge in [0.25, 0.3) is 0 Å². The van der Waals surface area contributed by atoms with Gasteiger partial charge in [0.05, 0.1) is 13.7 Å². The first-order valence-electron chi connectivity index (χ1n) is 12.5. The van der Waals surface area contributed by atoms with E-state index in [0.717, 1.165) is 13.1 Å². The first-order valence-corrected chi connectivity index (χ1v) is 12.5. The Morgan fingerprint density at radius 2 is 1.11 bits per heavy atom. The summed E-state index contributed by atoms with van der Waals surface area (Å²) < 4.78 is 15.4. The zero-order valence-electron chi connectivity index (χ0n) is 23.6. The van der Waals surface area contributed by atoms with Crippen molar-refractivity contribution in [1.82, 2.24) is 20.0 Å². The highest BCUT2D eigenvalue weighted by Gasteiger charge is 2.35. The third-order valence-electron chi connectivity index (χ3n) is 5.50. The fourth-order valence-corrected chi connectivity index (χ4v) is 4.16. The van der Waals surface area contributed by atoms with Crippen LogP contribution in [0, 0.1) is 0 Å². The molecule has 2 fully saturated rings. The number of hydrogen-bond donors (Lipinski definition) is 1. The number of rotatable bonds is 2. The van der Waals surface area contributed by atoms with E-state index in [1.54, 1.807) is 9.80 Å². The highest BCUT2D eigenvalue weighted by molar-refractivity contribution is 5.72. The van der Waals surface area contributed by atoms with Crippen molar-refractivity contribution in [3.8, 4) is 0 Å². The minimum Gasteiger partial charge on any atom is -0.468 e. The number of carbonyl (C=O) groups excluding carboxylic acids is 3. The van der Waals surface area contributed by atoms with Crippen molar-refractivity contribution in [2.45, 2.75) is 105 Å². The molecule has 0 bridgehead atoms. The molecule has 2 amide bonds. The summed E-state index contributed by atoms with van der Waals surface area (Å²) in [4.78, 5) is 40.8. The van der Waals surface area contributed by atoms with E-state index < -0.39 is 11.2 Å². The molecule has 2 aliphatic rings. The minimum absolute atomic E-state index is 0.0883. The first-order chi connectivity index (χ1) is 15.9. The average molecular weight is 501 g/mol. The predicted octanol–water partition coefficient (Wildman–Crippen LogP) is 3.09. The first kappa shape index (κ1) is 31.0. The number of piperazine rings is 2. The van der Waals surface area contributed by atoms with Crippen LogP contribution in [-0.4, -0.2) is 108 Å².